The quantitative estimate of drug-likeness (QED) is 0.247. The minimum Gasteiger partial charge on any atom is -0.468 e. The fraction of sp³-hybridized carbons (Fsp3) is 0.167. The highest BCUT2D eigenvalue weighted by Crippen LogP contribution is 2.32. The molecule has 2 aromatic rings. The molecule has 1 fully saturated rings. The van der Waals surface area contributed by atoms with Crippen LogP contribution in [0.2, 0.25) is 0 Å². The Morgan fingerprint density at radius 3 is 2.71 bits per heavy atom. The predicted molar refractivity (Wildman–Crippen MR) is 103 cm³/mol. The number of ether oxygens (including phenoxy) is 1. The number of amides is 1. The van der Waals surface area contributed by atoms with Crippen LogP contribution < -0.4 is 0 Å². The molecule has 0 radical (unpaired) electrons. The summed E-state index contributed by atoms with van der Waals surface area (Å²) in [5.74, 6) is -0.462. The first-order valence-corrected chi connectivity index (χ1v) is 8.46. The van der Waals surface area contributed by atoms with Crippen molar-refractivity contribution < 1.29 is 23.7 Å². The van der Waals surface area contributed by atoms with Crippen LogP contribution in [-0.4, -0.2) is 52.4 Å². The number of para-hydroxylation sites is 1. The van der Waals surface area contributed by atoms with Crippen molar-refractivity contribution >= 4 is 41.0 Å². The number of nitro benzene ring substituents is 1. The van der Waals surface area contributed by atoms with Crippen molar-refractivity contribution in [2.24, 2.45) is 0 Å². The van der Waals surface area contributed by atoms with Gasteiger partial charge < -0.3 is 14.1 Å². The van der Waals surface area contributed by atoms with E-state index in [2.05, 4.69) is 4.74 Å². The van der Waals surface area contributed by atoms with Gasteiger partial charge in [-0.1, -0.05) is 12.1 Å². The van der Waals surface area contributed by atoms with E-state index in [1.807, 2.05) is 0 Å². The number of methoxy groups -OCH3 is 1. The molecule has 1 aromatic carbocycles. The molecule has 0 unspecified atom stereocenters. The van der Waals surface area contributed by atoms with E-state index in [9.17, 15) is 19.7 Å². The molecule has 144 valence electrons. The van der Waals surface area contributed by atoms with E-state index in [1.165, 1.54) is 24.2 Å². The lowest BCUT2D eigenvalue weighted by atomic mass is 10.1. The standard InChI is InChI=1S/C18H15N3O6S/c1-19-14(17(23)20(18(19)28)10-16(22)26-2)9-11-7-8-15(27-11)12-5-3-4-6-13(12)21(24)25/h3-9H,10H2,1-2H3/b14-9-. The predicted octanol–water partition coefficient (Wildman–Crippen LogP) is 2.43. The molecule has 1 amide bonds. The van der Waals surface area contributed by atoms with Gasteiger partial charge >= 0.3 is 5.97 Å². The molecule has 9 nitrogen and oxygen atoms in total. The number of hydrogen-bond donors (Lipinski definition) is 0. The summed E-state index contributed by atoms with van der Waals surface area (Å²) < 4.78 is 10.3. The number of thiocarbonyl (C=S) groups is 1. The van der Waals surface area contributed by atoms with Gasteiger partial charge in [0.05, 0.1) is 17.6 Å². The van der Waals surface area contributed by atoms with E-state index in [0.717, 1.165) is 4.90 Å². The van der Waals surface area contributed by atoms with E-state index in [1.54, 1.807) is 37.4 Å². The number of nitro groups is 1. The van der Waals surface area contributed by atoms with Crippen molar-refractivity contribution in [1.29, 1.82) is 0 Å². The average Bonchev–Trinajstić information content (AvgIpc) is 3.23. The van der Waals surface area contributed by atoms with Crippen LogP contribution in [0.3, 0.4) is 0 Å². The van der Waals surface area contributed by atoms with E-state index in [-0.39, 0.29) is 23.0 Å². The van der Waals surface area contributed by atoms with Crippen LogP contribution in [0.4, 0.5) is 5.69 Å². The number of carbonyl (C=O) groups is 2. The van der Waals surface area contributed by atoms with Crippen LogP contribution in [0, 0.1) is 10.1 Å². The monoisotopic (exact) mass is 401 g/mol. The van der Waals surface area contributed by atoms with Crippen LogP contribution in [0.25, 0.3) is 17.4 Å². The minimum atomic E-state index is -0.595. The Morgan fingerprint density at radius 1 is 1.32 bits per heavy atom. The van der Waals surface area contributed by atoms with Gasteiger partial charge in [0.15, 0.2) is 5.11 Å². The smallest absolute Gasteiger partial charge is 0.325 e. The molecule has 10 heteroatoms. The zero-order valence-electron chi connectivity index (χ0n) is 14.9. The lowest BCUT2D eigenvalue weighted by molar-refractivity contribution is -0.384. The van der Waals surface area contributed by atoms with Gasteiger partial charge in [-0.05, 0) is 30.4 Å². The first-order chi connectivity index (χ1) is 13.3. The van der Waals surface area contributed by atoms with Crippen molar-refractivity contribution in [3.63, 3.8) is 0 Å². The fourth-order valence-corrected chi connectivity index (χ4v) is 2.94. The summed E-state index contributed by atoms with van der Waals surface area (Å²) in [5.41, 5.74) is 0.444. The van der Waals surface area contributed by atoms with Gasteiger partial charge in [0.1, 0.15) is 23.8 Å². The second-order valence-corrected chi connectivity index (χ2v) is 6.18. The number of benzene rings is 1. The molecule has 2 heterocycles. The van der Waals surface area contributed by atoms with Crippen molar-refractivity contribution in [2.75, 3.05) is 20.7 Å². The Labute approximate surface area is 164 Å². The van der Waals surface area contributed by atoms with Crippen molar-refractivity contribution in [2.45, 2.75) is 0 Å². The topological polar surface area (TPSA) is 106 Å². The highest BCUT2D eigenvalue weighted by molar-refractivity contribution is 7.80. The lowest BCUT2D eigenvalue weighted by Crippen LogP contribution is -2.36. The number of rotatable bonds is 5. The van der Waals surface area contributed by atoms with Crippen molar-refractivity contribution in [1.82, 2.24) is 9.80 Å². The van der Waals surface area contributed by atoms with Crippen LogP contribution >= 0.6 is 12.2 Å². The number of nitrogens with zero attached hydrogens (tertiary/aromatic N) is 3. The average molecular weight is 401 g/mol. The normalized spacial score (nSPS) is 15.4. The first-order valence-electron chi connectivity index (χ1n) is 8.05. The molecule has 0 atom stereocenters. The van der Waals surface area contributed by atoms with Crippen LogP contribution in [0.1, 0.15) is 5.76 Å². The zero-order valence-corrected chi connectivity index (χ0v) is 15.8. The summed E-state index contributed by atoms with van der Waals surface area (Å²) in [6.45, 7) is -0.296. The number of carbonyl (C=O) groups excluding carboxylic acids is 2. The van der Waals surface area contributed by atoms with Gasteiger partial charge in [-0.2, -0.15) is 0 Å². The van der Waals surface area contributed by atoms with Gasteiger partial charge in [0.2, 0.25) is 0 Å². The molecule has 1 aromatic heterocycles. The lowest BCUT2D eigenvalue weighted by Gasteiger charge is -2.14. The van der Waals surface area contributed by atoms with Crippen LogP contribution in [0.15, 0.2) is 46.5 Å². The molecule has 1 aliphatic heterocycles. The third kappa shape index (κ3) is 3.49. The molecular formula is C18H15N3O6S. The molecule has 0 N–H and O–H groups in total. The molecule has 28 heavy (non-hydrogen) atoms. The Bertz CT molecular complexity index is 1010. The molecule has 0 saturated carbocycles. The third-order valence-electron chi connectivity index (χ3n) is 4.13. The number of esters is 1. The summed E-state index contributed by atoms with van der Waals surface area (Å²) in [5, 5.41) is 11.4. The van der Waals surface area contributed by atoms with E-state index < -0.39 is 16.8 Å². The molecule has 0 spiro atoms. The largest absolute Gasteiger partial charge is 0.468 e. The summed E-state index contributed by atoms with van der Waals surface area (Å²) >= 11 is 5.20. The summed E-state index contributed by atoms with van der Waals surface area (Å²) in [4.78, 5) is 37.4. The van der Waals surface area contributed by atoms with Gasteiger partial charge in [-0.3, -0.25) is 24.6 Å². The molecule has 0 bridgehead atoms. The van der Waals surface area contributed by atoms with Crippen molar-refractivity contribution in [3.05, 3.63) is 58.0 Å². The number of likely N-dealkylation sites (N-methyl/N-ethyl adjacent to an activating group) is 1. The molecule has 1 saturated heterocycles. The van der Waals surface area contributed by atoms with Crippen LogP contribution in [-0.2, 0) is 14.3 Å². The fourth-order valence-electron chi connectivity index (χ4n) is 2.70. The number of hydrogen-bond acceptors (Lipinski definition) is 7. The van der Waals surface area contributed by atoms with Gasteiger partial charge in [0, 0.05) is 19.2 Å². The van der Waals surface area contributed by atoms with E-state index >= 15 is 0 Å². The third-order valence-corrected chi connectivity index (χ3v) is 4.62. The molecule has 3 rings (SSSR count). The van der Waals surface area contributed by atoms with E-state index in [0.29, 0.717) is 17.1 Å². The maximum absolute atomic E-state index is 12.6. The molecular weight excluding hydrogens is 386 g/mol. The Balaban J connectivity index is 1.91. The SMILES string of the molecule is COC(=O)CN1C(=O)/C(=C/c2ccc(-c3ccccc3[N+](=O)[O-])o2)N(C)C1=S. The highest BCUT2D eigenvalue weighted by Gasteiger charge is 2.37. The zero-order chi connectivity index (χ0) is 20.4. The Kier molecular flexibility index (Phi) is 5.23. The number of furan rings is 1. The first kappa shape index (κ1) is 19.2. The Morgan fingerprint density at radius 2 is 2.04 bits per heavy atom. The summed E-state index contributed by atoms with van der Waals surface area (Å²) in [7, 11) is 2.81. The molecule has 1 aliphatic rings. The summed E-state index contributed by atoms with van der Waals surface area (Å²) in [6.07, 6.45) is 1.46. The maximum Gasteiger partial charge on any atom is 0.325 e. The van der Waals surface area contributed by atoms with Gasteiger partial charge in [-0.15, -0.1) is 0 Å². The second-order valence-electron chi connectivity index (χ2n) is 5.81. The second kappa shape index (κ2) is 7.61. The highest BCUT2D eigenvalue weighted by atomic mass is 32.1. The summed E-state index contributed by atoms with van der Waals surface area (Å²) in [6, 6.07) is 9.36. The van der Waals surface area contributed by atoms with Gasteiger partial charge in [0.25, 0.3) is 11.6 Å². The molecule has 0 aliphatic carbocycles. The van der Waals surface area contributed by atoms with Crippen LogP contribution in [0.5, 0.6) is 0 Å². The van der Waals surface area contributed by atoms with E-state index in [4.69, 9.17) is 16.6 Å². The van der Waals surface area contributed by atoms with Gasteiger partial charge in [-0.25, -0.2) is 0 Å². The minimum absolute atomic E-state index is 0.0875. The van der Waals surface area contributed by atoms with Crippen molar-refractivity contribution in [3.8, 4) is 11.3 Å². The maximum atomic E-state index is 12.6. The Hall–Kier alpha value is -3.53.